The number of benzene rings is 4. The number of imide groups is 2. The van der Waals surface area contributed by atoms with Gasteiger partial charge in [0.2, 0.25) is 17.8 Å². The Morgan fingerprint density at radius 3 is 2.29 bits per heavy atom. The lowest BCUT2D eigenvalue weighted by molar-refractivity contribution is -0.136. The molecule has 1 atom stereocenters. The Bertz CT molecular complexity index is 3150. The number of hydrogen-bond donors (Lipinski definition) is 3. The van der Waals surface area contributed by atoms with Crippen LogP contribution in [0.25, 0.3) is 22.3 Å². The number of carbonyl (C=O) groups excluding carboxylic acids is 4. The fourth-order valence-corrected chi connectivity index (χ4v) is 11.6. The maximum Gasteiger partial charge on any atom is 0.262 e. The van der Waals surface area contributed by atoms with Gasteiger partial charge in [0.05, 0.1) is 47.7 Å². The van der Waals surface area contributed by atoms with Crippen molar-refractivity contribution in [1.82, 2.24) is 30.0 Å². The van der Waals surface area contributed by atoms with E-state index in [-0.39, 0.29) is 46.0 Å². The van der Waals surface area contributed by atoms with Crippen molar-refractivity contribution < 1.29 is 32.9 Å². The van der Waals surface area contributed by atoms with Crippen LogP contribution < -0.4 is 35.8 Å². The minimum atomic E-state index is -2.77. The second-order valence-corrected chi connectivity index (χ2v) is 22.5. The van der Waals surface area contributed by atoms with Crippen molar-refractivity contribution >= 4 is 82.2 Å². The number of hydrogen-bond acceptors (Lipinski definition) is 13. The summed E-state index contributed by atoms with van der Waals surface area (Å²) in [6.45, 7) is 6.00. The lowest BCUT2D eigenvalue weighted by atomic mass is 9.72. The number of anilines is 6. The number of aryl methyl sites for hydroxylation is 1. The summed E-state index contributed by atoms with van der Waals surface area (Å²) in [5.74, 6) is -2.07. The van der Waals surface area contributed by atoms with Crippen molar-refractivity contribution in [3.8, 4) is 28.0 Å². The molecule has 1 unspecified atom stereocenters. The average Bonchev–Trinajstić information content (AvgIpc) is 3.88. The van der Waals surface area contributed by atoms with E-state index < -0.39 is 42.6 Å². The predicted molar refractivity (Wildman–Crippen MR) is 268 cm³/mol. The van der Waals surface area contributed by atoms with E-state index in [0.29, 0.717) is 54.4 Å². The molecule has 19 heteroatoms. The lowest BCUT2D eigenvalue weighted by Crippen LogP contribution is -2.54. The van der Waals surface area contributed by atoms with Crippen molar-refractivity contribution in [2.75, 3.05) is 67.1 Å². The van der Waals surface area contributed by atoms with Crippen LogP contribution in [0, 0.1) is 11.2 Å². The summed E-state index contributed by atoms with van der Waals surface area (Å²) in [6, 6.07) is 21.1. The van der Waals surface area contributed by atoms with Gasteiger partial charge in [0.1, 0.15) is 29.8 Å². The quantitative estimate of drug-likeness (QED) is 0.0832. The Kier molecular flexibility index (Phi) is 12.2. The maximum atomic E-state index is 16.1. The van der Waals surface area contributed by atoms with Gasteiger partial charge in [0, 0.05) is 74.0 Å². The van der Waals surface area contributed by atoms with Crippen molar-refractivity contribution in [3.05, 3.63) is 113 Å². The molecule has 4 aromatic carbocycles. The van der Waals surface area contributed by atoms with E-state index in [0.717, 1.165) is 64.6 Å². The molecule has 0 aliphatic carbocycles. The molecule has 0 radical (unpaired) electrons. The second-order valence-electron chi connectivity index (χ2n) is 18.9. The highest BCUT2D eigenvalue weighted by Crippen LogP contribution is 2.47. The molecule has 10 rings (SSSR count). The molecule has 3 fully saturated rings. The van der Waals surface area contributed by atoms with Crippen LogP contribution in [0.4, 0.5) is 38.9 Å². The fraction of sp³-hybridized carbons (Fsp3) is 0.314. The number of nitrogens with zero attached hydrogens (tertiary/aromatic N) is 7. The third kappa shape index (κ3) is 8.88. The summed E-state index contributed by atoms with van der Waals surface area (Å²) in [6.07, 6.45) is 8.66. The number of rotatable bonds is 11. The molecule has 3 saturated heterocycles. The topological polar surface area (TPSA) is 184 Å². The molecule has 16 nitrogen and oxygen atoms in total. The molecule has 4 aliphatic rings. The van der Waals surface area contributed by atoms with Gasteiger partial charge in [0.25, 0.3) is 11.8 Å². The Hall–Kier alpha value is -7.10. The van der Waals surface area contributed by atoms with Gasteiger partial charge in [-0.25, -0.2) is 9.37 Å². The van der Waals surface area contributed by atoms with Crippen LogP contribution in [-0.2, 0) is 21.2 Å². The number of carbonyl (C=O) groups is 4. The van der Waals surface area contributed by atoms with E-state index in [1.807, 2.05) is 85.0 Å². The summed E-state index contributed by atoms with van der Waals surface area (Å²) in [4.78, 5) is 65.9. The number of nitrogens with one attached hydrogen (secondary N) is 3. The van der Waals surface area contributed by atoms with Crippen molar-refractivity contribution in [1.29, 1.82) is 0 Å². The van der Waals surface area contributed by atoms with Crippen LogP contribution in [0.1, 0.15) is 59.2 Å². The average molecular weight is 985 g/mol. The van der Waals surface area contributed by atoms with E-state index in [2.05, 4.69) is 30.9 Å². The molecule has 6 aromatic rings. The molecule has 70 heavy (non-hydrogen) atoms. The Morgan fingerprint density at radius 1 is 0.829 bits per heavy atom. The SMILES string of the molecule is COc1cc(N2CCC3(CCCN(c4cc5c(cc4F)C(=O)N(C4CCC(=O)NC4=O)C5=O)C3)CC2)c(-c2cnn(C)c2)cc1Nc1ncc(Cl)c(Nc2ccc(-c3ccccc3)cc2P(C)(C)=O)n1. The maximum absolute atomic E-state index is 16.1. The van der Waals surface area contributed by atoms with Crippen LogP contribution >= 0.6 is 18.7 Å². The highest BCUT2D eigenvalue weighted by molar-refractivity contribution is 7.70. The number of amides is 4. The van der Waals surface area contributed by atoms with E-state index in [4.69, 9.17) is 21.3 Å². The minimum absolute atomic E-state index is 0.00398. The van der Waals surface area contributed by atoms with E-state index >= 15 is 4.39 Å². The first-order valence-electron chi connectivity index (χ1n) is 23.2. The summed E-state index contributed by atoms with van der Waals surface area (Å²) >= 11 is 6.70. The molecule has 2 aromatic heterocycles. The van der Waals surface area contributed by atoms with Gasteiger partial charge < -0.3 is 29.7 Å². The first-order chi connectivity index (χ1) is 33.6. The standard InChI is InChI=1S/C51H51ClFN10O6P/c1-60-28-32(26-55-60)33-23-39(57-50-54-27-36(52)46(59-50)56-38-12-11-31(21-44(38)70(3,4)68)30-9-6-5-7-10-30)43(69-2)25-41(33)61-19-16-51(17-20-61)15-8-18-62(29-51)42-24-35-34(22-37(42)53)48(66)63(49(35)67)40-13-14-45(64)58-47(40)65/h5-7,9-12,21-28,40H,8,13-20,29H2,1-4H3,(H,58,64,65)(H2,54,56,57,59). The van der Waals surface area contributed by atoms with Crippen LogP contribution in [-0.4, -0.2) is 101 Å². The summed E-state index contributed by atoms with van der Waals surface area (Å²) < 4.78 is 37.5. The first-order valence-corrected chi connectivity index (χ1v) is 26.1. The van der Waals surface area contributed by atoms with Crippen LogP contribution in [0.2, 0.25) is 5.02 Å². The molecule has 1 spiro atoms. The van der Waals surface area contributed by atoms with Crippen LogP contribution in [0.5, 0.6) is 5.75 Å². The van der Waals surface area contributed by atoms with Gasteiger partial charge in [-0.3, -0.25) is 34.1 Å². The van der Waals surface area contributed by atoms with E-state index in [9.17, 15) is 23.7 Å². The van der Waals surface area contributed by atoms with Gasteiger partial charge in [-0.05, 0) is 92.3 Å². The van der Waals surface area contributed by atoms with Crippen molar-refractivity contribution in [2.45, 2.75) is 44.6 Å². The zero-order valence-corrected chi connectivity index (χ0v) is 40.7. The Labute approximate surface area is 408 Å². The molecular weight excluding hydrogens is 934 g/mol. The summed E-state index contributed by atoms with van der Waals surface area (Å²) in [7, 11) is 0.701. The molecule has 360 valence electrons. The lowest BCUT2D eigenvalue weighted by Gasteiger charge is -2.49. The van der Waals surface area contributed by atoms with Crippen molar-refractivity contribution in [2.24, 2.45) is 12.5 Å². The van der Waals surface area contributed by atoms with Crippen LogP contribution in [0.3, 0.4) is 0 Å². The number of halogens is 2. The van der Waals surface area contributed by atoms with E-state index in [1.165, 1.54) is 12.3 Å². The molecule has 0 saturated carbocycles. The highest BCUT2D eigenvalue weighted by atomic mass is 35.5. The second kappa shape index (κ2) is 18.3. The molecular formula is C51H51ClFN10O6P. The number of piperidine rings is 3. The Balaban J connectivity index is 0.883. The van der Waals surface area contributed by atoms with E-state index in [1.54, 1.807) is 25.1 Å². The third-order valence-electron chi connectivity index (χ3n) is 13.9. The largest absolute Gasteiger partial charge is 0.494 e. The highest BCUT2D eigenvalue weighted by Gasteiger charge is 2.46. The zero-order valence-electron chi connectivity index (χ0n) is 39.1. The third-order valence-corrected chi connectivity index (χ3v) is 15.7. The van der Waals surface area contributed by atoms with Gasteiger partial charge in [-0.1, -0.05) is 48.0 Å². The van der Waals surface area contributed by atoms with Gasteiger partial charge >= 0.3 is 0 Å². The molecule has 4 amide bonds. The molecule has 6 heterocycles. The van der Waals surface area contributed by atoms with Gasteiger partial charge in [0.15, 0.2) is 5.82 Å². The number of fused-ring (bicyclic) bond motifs is 1. The number of ether oxygens (including phenoxy) is 1. The molecule has 0 bridgehead atoms. The molecule has 4 aliphatic heterocycles. The summed E-state index contributed by atoms with van der Waals surface area (Å²) in [5, 5.41) is 14.3. The normalized spacial score (nSPS) is 18.0. The number of methoxy groups -OCH3 is 1. The monoisotopic (exact) mass is 984 g/mol. The molecule has 3 N–H and O–H groups in total. The fourth-order valence-electron chi connectivity index (χ4n) is 10.3. The number of aromatic nitrogens is 4. The predicted octanol–water partition coefficient (Wildman–Crippen LogP) is 8.37. The summed E-state index contributed by atoms with van der Waals surface area (Å²) in [5.41, 5.74) is 5.99. The first kappa shape index (κ1) is 46.6. The van der Waals surface area contributed by atoms with Crippen LogP contribution in [0.15, 0.2) is 91.4 Å². The Morgan fingerprint density at radius 2 is 1.59 bits per heavy atom. The van der Waals surface area contributed by atoms with Gasteiger partial charge in [-0.15, -0.1) is 0 Å². The zero-order chi connectivity index (χ0) is 49.1. The van der Waals surface area contributed by atoms with Gasteiger partial charge in [-0.2, -0.15) is 10.1 Å². The minimum Gasteiger partial charge on any atom is -0.494 e. The smallest absolute Gasteiger partial charge is 0.262 e. The van der Waals surface area contributed by atoms with Crippen molar-refractivity contribution in [3.63, 3.8) is 0 Å².